The third-order valence-corrected chi connectivity index (χ3v) is 3.38. The van der Waals surface area contributed by atoms with Crippen molar-refractivity contribution in [3.05, 3.63) is 35.7 Å². The minimum absolute atomic E-state index is 0.124. The van der Waals surface area contributed by atoms with E-state index in [0.29, 0.717) is 12.8 Å². The van der Waals surface area contributed by atoms with Crippen LogP contribution >= 0.6 is 0 Å². The van der Waals surface area contributed by atoms with E-state index in [0.717, 1.165) is 12.1 Å². The SMILES string of the molecule is COC(=O)[C@@H]1CC[C@H](c2nc(-c3ccc(F)c(F)c3)no2)O1. The summed E-state index contributed by atoms with van der Waals surface area (Å²) in [5.74, 6) is -2.09. The molecule has 2 atom stereocenters. The van der Waals surface area contributed by atoms with Crippen LogP contribution in [0.2, 0.25) is 0 Å². The standard InChI is InChI=1S/C14H12F2N2O4/c1-20-14(19)11-5-4-10(21-11)13-17-12(18-22-13)7-2-3-8(15)9(16)6-7/h2-3,6,10-11H,4-5H2,1H3/t10-,11+/m1/s1. The second kappa shape index (κ2) is 5.80. The Balaban J connectivity index is 1.77. The van der Waals surface area contributed by atoms with E-state index in [-0.39, 0.29) is 17.3 Å². The van der Waals surface area contributed by atoms with E-state index in [9.17, 15) is 13.6 Å². The number of methoxy groups -OCH3 is 1. The number of nitrogens with zero attached hydrogens (tertiary/aromatic N) is 2. The van der Waals surface area contributed by atoms with E-state index in [1.54, 1.807) is 0 Å². The van der Waals surface area contributed by atoms with E-state index < -0.39 is 29.8 Å². The average molecular weight is 310 g/mol. The van der Waals surface area contributed by atoms with Crippen LogP contribution in [0.25, 0.3) is 11.4 Å². The van der Waals surface area contributed by atoms with Gasteiger partial charge in [-0.25, -0.2) is 13.6 Å². The van der Waals surface area contributed by atoms with Gasteiger partial charge in [0, 0.05) is 5.56 Å². The van der Waals surface area contributed by atoms with Crippen molar-refractivity contribution in [1.82, 2.24) is 10.1 Å². The van der Waals surface area contributed by atoms with E-state index in [1.807, 2.05) is 0 Å². The highest BCUT2D eigenvalue weighted by molar-refractivity contribution is 5.74. The van der Waals surface area contributed by atoms with Crippen molar-refractivity contribution in [3.8, 4) is 11.4 Å². The van der Waals surface area contributed by atoms with E-state index >= 15 is 0 Å². The zero-order valence-electron chi connectivity index (χ0n) is 11.6. The molecule has 116 valence electrons. The fourth-order valence-corrected chi connectivity index (χ4v) is 2.24. The summed E-state index contributed by atoms with van der Waals surface area (Å²) in [6.07, 6.45) is -0.163. The van der Waals surface area contributed by atoms with Crippen LogP contribution < -0.4 is 0 Å². The molecule has 1 aromatic heterocycles. The molecular weight excluding hydrogens is 298 g/mol. The molecule has 0 N–H and O–H groups in total. The van der Waals surface area contributed by atoms with Crippen LogP contribution in [0.1, 0.15) is 24.8 Å². The zero-order chi connectivity index (χ0) is 15.7. The van der Waals surface area contributed by atoms with Gasteiger partial charge < -0.3 is 14.0 Å². The summed E-state index contributed by atoms with van der Waals surface area (Å²) in [6.45, 7) is 0. The van der Waals surface area contributed by atoms with E-state index in [2.05, 4.69) is 14.9 Å². The number of rotatable bonds is 3. The van der Waals surface area contributed by atoms with Gasteiger partial charge in [-0.15, -0.1) is 0 Å². The molecule has 0 bridgehead atoms. The summed E-state index contributed by atoms with van der Waals surface area (Å²) < 4.78 is 41.3. The first kappa shape index (κ1) is 14.6. The first-order valence-electron chi connectivity index (χ1n) is 6.61. The largest absolute Gasteiger partial charge is 0.467 e. The first-order valence-corrected chi connectivity index (χ1v) is 6.61. The Morgan fingerprint density at radius 3 is 2.86 bits per heavy atom. The molecule has 0 saturated carbocycles. The number of carbonyl (C=O) groups is 1. The number of esters is 1. The molecule has 1 aliphatic rings. The molecule has 2 aromatic rings. The van der Waals surface area contributed by atoms with Crippen LogP contribution in [0, 0.1) is 11.6 Å². The van der Waals surface area contributed by atoms with Crippen molar-refractivity contribution >= 4 is 5.97 Å². The molecule has 1 aromatic carbocycles. The van der Waals surface area contributed by atoms with Gasteiger partial charge in [-0.1, -0.05) is 5.16 Å². The van der Waals surface area contributed by atoms with Crippen LogP contribution in [0.5, 0.6) is 0 Å². The number of aromatic nitrogens is 2. The highest BCUT2D eigenvalue weighted by atomic mass is 19.2. The number of hydrogen-bond acceptors (Lipinski definition) is 6. The Hall–Kier alpha value is -2.35. The molecule has 0 aliphatic carbocycles. The maximum Gasteiger partial charge on any atom is 0.335 e. The van der Waals surface area contributed by atoms with Gasteiger partial charge in [0.1, 0.15) is 6.10 Å². The van der Waals surface area contributed by atoms with Crippen LogP contribution in [-0.4, -0.2) is 29.3 Å². The Morgan fingerprint density at radius 2 is 2.14 bits per heavy atom. The second-order valence-electron chi connectivity index (χ2n) is 4.80. The fourth-order valence-electron chi connectivity index (χ4n) is 2.24. The minimum Gasteiger partial charge on any atom is -0.467 e. The van der Waals surface area contributed by atoms with Gasteiger partial charge >= 0.3 is 5.97 Å². The molecule has 3 rings (SSSR count). The summed E-state index contributed by atoms with van der Waals surface area (Å²) in [6, 6.07) is 3.32. The van der Waals surface area contributed by atoms with Crippen LogP contribution in [0.4, 0.5) is 8.78 Å². The number of benzene rings is 1. The Bertz CT molecular complexity index is 704. The van der Waals surface area contributed by atoms with Gasteiger partial charge in [-0.05, 0) is 31.0 Å². The Labute approximate surface area is 124 Å². The maximum absolute atomic E-state index is 13.2. The number of ether oxygens (including phenoxy) is 2. The predicted molar refractivity (Wildman–Crippen MR) is 68.5 cm³/mol. The van der Waals surface area contributed by atoms with Crippen molar-refractivity contribution in [2.45, 2.75) is 25.0 Å². The molecular formula is C14H12F2N2O4. The van der Waals surface area contributed by atoms with Crippen molar-refractivity contribution in [1.29, 1.82) is 0 Å². The monoisotopic (exact) mass is 310 g/mol. The maximum atomic E-state index is 13.2. The lowest BCUT2D eigenvalue weighted by Gasteiger charge is -2.08. The summed E-state index contributed by atoms with van der Waals surface area (Å²) in [5.41, 5.74) is 0.288. The van der Waals surface area contributed by atoms with Gasteiger partial charge in [0.15, 0.2) is 17.7 Å². The molecule has 1 saturated heterocycles. The molecule has 6 nitrogen and oxygen atoms in total. The Morgan fingerprint density at radius 1 is 1.32 bits per heavy atom. The molecule has 2 heterocycles. The average Bonchev–Trinajstić information content (AvgIpc) is 3.17. The summed E-state index contributed by atoms with van der Waals surface area (Å²) >= 11 is 0. The van der Waals surface area contributed by atoms with Crippen LogP contribution in [0.15, 0.2) is 22.7 Å². The van der Waals surface area contributed by atoms with Crippen LogP contribution in [0.3, 0.4) is 0 Å². The quantitative estimate of drug-likeness (QED) is 0.810. The highest BCUT2D eigenvalue weighted by Crippen LogP contribution is 2.33. The second-order valence-corrected chi connectivity index (χ2v) is 4.80. The third kappa shape index (κ3) is 2.69. The molecule has 1 fully saturated rings. The highest BCUT2D eigenvalue weighted by Gasteiger charge is 2.35. The molecule has 1 aliphatic heterocycles. The number of hydrogen-bond donors (Lipinski definition) is 0. The van der Waals surface area contributed by atoms with Crippen molar-refractivity contribution in [2.75, 3.05) is 7.11 Å². The molecule has 0 radical (unpaired) electrons. The number of halogens is 2. The third-order valence-electron chi connectivity index (χ3n) is 3.38. The zero-order valence-corrected chi connectivity index (χ0v) is 11.6. The van der Waals surface area contributed by atoms with Gasteiger partial charge in [0.25, 0.3) is 5.89 Å². The molecule has 8 heteroatoms. The normalized spacial score (nSPS) is 21.0. The molecule has 0 spiro atoms. The lowest BCUT2D eigenvalue weighted by Crippen LogP contribution is -2.21. The molecule has 22 heavy (non-hydrogen) atoms. The summed E-state index contributed by atoms with van der Waals surface area (Å²) in [4.78, 5) is 15.5. The Kier molecular flexibility index (Phi) is 3.84. The smallest absolute Gasteiger partial charge is 0.335 e. The van der Waals surface area contributed by atoms with Crippen molar-refractivity contribution in [2.24, 2.45) is 0 Å². The van der Waals surface area contributed by atoms with Crippen molar-refractivity contribution in [3.63, 3.8) is 0 Å². The van der Waals surface area contributed by atoms with Gasteiger partial charge in [-0.3, -0.25) is 0 Å². The fraction of sp³-hybridized carbons (Fsp3) is 0.357. The number of carbonyl (C=O) groups excluding carboxylic acids is 1. The van der Waals surface area contributed by atoms with E-state index in [1.165, 1.54) is 13.2 Å². The van der Waals surface area contributed by atoms with Crippen molar-refractivity contribution < 1.29 is 27.6 Å². The first-order chi connectivity index (χ1) is 10.6. The van der Waals surface area contributed by atoms with Gasteiger partial charge in [0.2, 0.25) is 5.82 Å². The molecule has 0 unspecified atom stereocenters. The van der Waals surface area contributed by atoms with Crippen LogP contribution in [-0.2, 0) is 14.3 Å². The topological polar surface area (TPSA) is 74.5 Å². The summed E-state index contributed by atoms with van der Waals surface area (Å²) in [5, 5.41) is 3.72. The summed E-state index contributed by atoms with van der Waals surface area (Å²) in [7, 11) is 1.28. The van der Waals surface area contributed by atoms with E-state index in [4.69, 9.17) is 9.26 Å². The minimum atomic E-state index is -0.994. The molecule has 0 amide bonds. The predicted octanol–water partition coefficient (Wildman–Crippen LogP) is 2.41. The van der Waals surface area contributed by atoms with Gasteiger partial charge in [-0.2, -0.15) is 4.98 Å². The lowest BCUT2D eigenvalue weighted by atomic mass is 10.2. The van der Waals surface area contributed by atoms with Gasteiger partial charge in [0.05, 0.1) is 7.11 Å². The lowest BCUT2D eigenvalue weighted by molar-refractivity contribution is -0.153.